The van der Waals surface area contributed by atoms with Crippen molar-refractivity contribution in [3.05, 3.63) is 5.89 Å². The van der Waals surface area contributed by atoms with Crippen LogP contribution < -0.4 is 5.32 Å². The first-order valence-electron chi connectivity index (χ1n) is 4.03. The van der Waals surface area contributed by atoms with E-state index in [1.165, 1.54) is 6.92 Å². The molecule has 0 saturated heterocycles. The second kappa shape index (κ2) is 4.54. The molecule has 1 heterocycles. The molecular formula is C7H10ClF2N3O. The molecule has 0 saturated carbocycles. The number of nitrogens with one attached hydrogen (secondary N) is 1. The van der Waals surface area contributed by atoms with Gasteiger partial charge in [-0.2, -0.15) is 0 Å². The molecule has 80 valence electrons. The minimum Gasteiger partial charge on any atom is -0.406 e. The fourth-order valence-electron chi connectivity index (χ4n) is 0.711. The molecule has 4 nitrogen and oxygen atoms in total. The van der Waals surface area contributed by atoms with E-state index in [9.17, 15) is 8.78 Å². The minimum atomic E-state index is -2.49. The van der Waals surface area contributed by atoms with Crippen LogP contribution in [-0.4, -0.2) is 22.7 Å². The van der Waals surface area contributed by atoms with E-state index in [1.807, 2.05) is 0 Å². The molecule has 2 atom stereocenters. The predicted molar refractivity (Wildman–Crippen MR) is 47.7 cm³/mol. The third-order valence-corrected chi connectivity index (χ3v) is 1.70. The van der Waals surface area contributed by atoms with E-state index in [2.05, 4.69) is 15.5 Å². The van der Waals surface area contributed by atoms with Crippen molar-refractivity contribution in [3.63, 3.8) is 0 Å². The number of hydrogen-bond donors (Lipinski definition) is 1. The Hall–Kier alpha value is -0.910. The zero-order valence-electron chi connectivity index (χ0n) is 7.67. The van der Waals surface area contributed by atoms with Crippen LogP contribution in [0.2, 0.25) is 0 Å². The number of rotatable bonds is 4. The standard InChI is InChI=1S/C7H10ClF2N3O/c1-3(8)6-12-13-7(14-6)11-4(2)5(9)10/h3-5H,1-2H3,(H,11,13). The van der Waals surface area contributed by atoms with Crippen molar-refractivity contribution in [1.29, 1.82) is 0 Å². The minimum absolute atomic E-state index is 0.0414. The zero-order chi connectivity index (χ0) is 10.7. The van der Waals surface area contributed by atoms with Crippen molar-refractivity contribution in [1.82, 2.24) is 10.2 Å². The van der Waals surface area contributed by atoms with Crippen molar-refractivity contribution in [2.24, 2.45) is 0 Å². The number of nitrogens with zero attached hydrogens (tertiary/aromatic N) is 2. The topological polar surface area (TPSA) is 51.0 Å². The van der Waals surface area contributed by atoms with E-state index in [1.54, 1.807) is 6.92 Å². The van der Waals surface area contributed by atoms with Gasteiger partial charge in [0.1, 0.15) is 5.38 Å². The highest BCUT2D eigenvalue weighted by atomic mass is 35.5. The second-order valence-corrected chi connectivity index (χ2v) is 3.48. The molecule has 0 aliphatic rings. The molecule has 1 rings (SSSR count). The molecule has 2 unspecified atom stereocenters. The van der Waals surface area contributed by atoms with E-state index >= 15 is 0 Å². The summed E-state index contributed by atoms with van der Waals surface area (Å²) in [7, 11) is 0. The summed E-state index contributed by atoms with van der Waals surface area (Å²) in [6.45, 7) is 2.97. The van der Waals surface area contributed by atoms with Gasteiger partial charge in [0.15, 0.2) is 0 Å². The molecule has 0 aromatic carbocycles. The number of anilines is 1. The first-order chi connectivity index (χ1) is 6.50. The van der Waals surface area contributed by atoms with Crippen molar-refractivity contribution < 1.29 is 13.2 Å². The van der Waals surface area contributed by atoms with E-state index in [0.717, 1.165) is 0 Å². The summed E-state index contributed by atoms with van der Waals surface area (Å²) in [6.07, 6.45) is -2.49. The van der Waals surface area contributed by atoms with Crippen LogP contribution >= 0.6 is 11.6 Å². The zero-order valence-corrected chi connectivity index (χ0v) is 8.42. The highest BCUT2D eigenvalue weighted by molar-refractivity contribution is 6.20. The van der Waals surface area contributed by atoms with Gasteiger partial charge in [-0.3, -0.25) is 0 Å². The lowest BCUT2D eigenvalue weighted by molar-refractivity contribution is 0.129. The van der Waals surface area contributed by atoms with E-state index in [-0.39, 0.29) is 11.9 Å². The fraction of sp³-hybridized carbons (Fsp3) is 0.714. The molecule has 1 aromatic heterocycles. The van der Waals surface area contributed by atoms with Gasteiger partial charge in [-0.15, -0.1) is 16.7 Å². The van der Waals surface area contributed by atoms with Gasteiger partial charge in [0.2, 0.25) is 5.89 Å². The molecular weight excluding hydrogens is 216 g/mol. The Morgan fingerprint density at radius 1 is 1.36 bits per heavy atom. The Kier molecular flexibility index (Phi) is 3.62. The SMILES string of the molecule is CC(Cl)c1nnc(NC(C)C(F)F)o1. The smallest absolute Gasteiger partial charge is 0.315 e. The van der Waals surface area contributed by atoms with Gasteiger partial charge in [-0.25, -0.2) is 8.78 Å². The van der Waals surface area contributed by atoms with Crippen LogP contribution in [-0.2, 0) is 0 Å². The quantitative estimate of drug-likeness (QED) is 0.800. The van der Waals surface area contributed by atoms with Gasteiger partial charge in [0.25, 0.3) is 6.43 Å². The molecule has 0 aliphatic heterocycles. The summed E-state index contributed by atoms with van der Waals surface area (Å²) in [4.78, 5) is 0. The largest absolute Gasteiger partial charge is 0.406 e. The van der Waals surface area contributed by atoms with Gasteiger partial charge in [0.05, 0.1) is 6.04 Å². The van der Waals surface area contributed by atoms with Crippen LogP contribution in [0.25, 0.3) is 0 Å². The predicted octanol–water partition coefficient (Wildman–Crippen LogP) is 2.43. The van der Waals surface area contributed by atoms with E-state index < -0.39 is 17.8 Å². The van der Waals surface area contributed by atoms with Crippen molar-refractivity contribution >= 4 is 17.6 Å². The van der Waals surface area contributed by atoms with E-state index in [0.29, 0.717) is 0 Å². The maximum Gasteiger partial charge on any atom is 0.315 e. The second-order valence-electron chi connectivity index (χ2n) is 2.83. The van der Waals surface area contributed by atoms with Gasteiger partial charge in [0, 0.05) is 0 Å². The molecule has 1 N–H and O–H groups in total. The summed E-state index contributed by atoms with van der Waals surface area (Å²) < 4.78 is 29.2. The van der Waals surface area contributed by atoms with Crippen LogP contribution in [0.3, 0.4) is 0 Å². The summed E-state index contributed by atoms with van der Waals surface area (Å²) in [5, 5.41) is 9.02. The maximum absolute atomic E-state index is 12.1. The van der Waals surface area contributed by atoms with Crippen molar-refractivity contribution in [2.75, 3.05) is 5.32 Å². The Labute approximate surface area is 84.6 Å². The van der Waals surface area contributed by atoms with E-state index in [4.69, 9.17) is 16.0 Å². The molecule has 0 amide bonds. The molecule has 14 heavy (non-hydrogen) atoms. The molecule has 0 fully saturated rings. The van der Waals surface area contributed by atoms with Gasteiger partial charge < -0.3 is 9.73 Å². The highest BCUT2D eigenvalue weighted by Crippen LogP contribution is 2.20. The Morgan fingerprint density at radius 3 is 2.43 bits per heavy atom. The first kappa shape index (κ1) is 11.2. The molecule has 7 heteroatoms. The number of aromatic nitrogens is 2. The molecule has 0 spiro atoms. The van der Waals surface area contributed by atoms with Crippen LogP contribution in [0, 0.1) is 0 Å². The third-order valence-electron chi connectivity index (χ3n) is 1.51. The highest BCUT2D eigenvalue weighted by Gasteiger charge is 2.18. The Morgan fingerprint density at radius 2 is 2.00 bits per heavy atom. The lowest BCUT2D eigenvalue weighted by Crippen LogP contribution is -2.23. The maximum atomic E-state index is 12.1. The molecule has 0 bridgehead atoms. The molecule has 0 radical (unpaired) electrons. The number of hydrogen-bond acceptors (Lipinski definition) is 4. The Balaban J connectivity index is 2.60. The van der Waals surface area contributed by atoms with Gasteiger partial charge in [-0.1, -0.05) is 5.10 Å². The number of halogens is 3. The Bertz CT molecular complexity index is 292. The normalized spacial score (nSPS) is 15.6. The average molecular weight is 226 g/mol. The summed E-state index contributed by atoms with van der Waals surface area (Å²) in [5.74, 6) is 0.204. The van der Waals surface area contributed by atoms with Gasteiger partial charge in [-0.05, 0) is 13.8 Å². The monoisotopic (exact) mass is 225 g/mol. The third kappa shape index (κ3) is 2.80. The van der Waals surface area contributed by atoms with Crippen LogP contribution in [0.1, 0.15) is 25.1 Å². The number of alkyl halides is 3. The molecule has 0 aliphatic carbocycles. The summed E-state index contributed by atoms with van der Waals surface area (Å²) in [5.41, 5.74) is 0. The lowest BCUT2D eigenvalue weighted by Gasteiger charge is -2.09. The van der Waals surface area contributed by atoms with Crippen LogP contribution in [0.15, 0.2) is 4.42 Å². The van der Waals surface area contributed by atoms with Gasteiger partial charge >= 0.3 is 6.01 Å². The van der Waals surface area contributed by atoms with Crippen LogP contribution in [0.5, 0.6) is 0 Å². The molecule has 1 aromatic rings. The van der Waals surface area contributed by atoms with Crippen molar-refractivity contribution in [3.8, 4) is 0 Å². The summed E-state index contributed by atoms with van der Waals surface area (Å²) >= 11 is 5.64. The fourth-order valence-corrected chi connectivity index (χ4v) is 0.800. The first-order valence-corrected chi connectivity index (χ1v) is 4.46. The van der Waals surface area contributed by atoms with Crippen molar-refractivity contribution in [2.45, 2.75) is 31.7 Å². The average Bonchev–Trinajstić information content (AvgIpc) is 2.52. The summed E-state index contributed by atoms with van der Waals surface area (Å²) in [6, 6.07) is -1.07. The lowest BCUT2D eigenvalue weighted by atomic mass is 10.4. The van der Waals surface area contributed by atoms with Crippen LogP contribution in [0.4, 0.5) is 14.8 Å².